The zero-order chi connectivity index (χ0) is 13.0. The predicted molar refractivity (Wildman–Crippen MR) is 78.1 cm³/mol. The zero-order valence-electron chi connectivity index (χ0n) is 11.7. The van der Waals surface area contributed by atoms with Gasteiger partial charge in [-0.1, -0.05) is 38.2 Å². The first-order chi connectivity index (χ1) is 9.14. The van der Waals surface area contributed by atoms with Crippen LogP contribution in [0, 0.1) is 17.3 Å². The van der Waals surface area contributed by atoms with E-state index in [0.717, 1.165) is 0 Å². The highest BCUT2D eigenvalue weighted by molar-refractivity contribution is 5.41. The van der Waals surface area contributed by atoms with E-state index >= 15 is 0 Å². The van der Waals surface area contributed by atoms with Crippen molar-refractivity contribution in [3.8, 4) is 0 Å². The summed E-state index contributed by atoms with van der Waals surface area (Å²) in [6.45, 7) is 4.77. The number of allylic oxidation sites excluding steroid dienone is 4. The normalized spacial score (nSPS) is 37.8. The lowest BCUT2D eigenvalue weighted by Crippen LogP contribution is -2.32. The monoisotopic (exact) mass is 254 g/mol. The van der Waals surface area contributed by atoms with E-state index in [1.807, 2.05) is 0 Å². The quantitative estimate of drug-likeness (QED) is 0.693. The summed E-state index contributed by atoms with van der Waals surface area (Å²) in [5, 5.41) is 7.24. The number of fused-ring (bicyclic) bond motifs is 4. The summed E-state index contributed by atoms with van der Waals surface area (Å²) in [4.78, 5) is 0. The van der Waals surface area contributed by atoms with Gasteiger partial charge in [0.2, 0.25) is 0 Å². The smallest absolute Gasteiger partial charge is 0.0517 e. The van der Waals surface area contributed by atoms with Gasteiger partial charge in [-0.05, 0) is 30.3 Å². The fourth-order valence-corrected chi connectivity index (χ4v) is 4.08. The highest BCUT2D eigenvalue weighted by atomic mass is 15.0. The van der Waals surface area contributed by atoms with Crippen LogP contribution in [0.1, 0.15) is 33.1 Å². The standard InChI is InChI=1S/C17H22N2/c1-17(2)8-7-12-14(9-17)18-10-15-16(12)11-5-3-4-6-13(11)19-15/h3-6,10-11,13,16,18-19H,7-9H2,1-2H3. The third kappa shape index (κ3) is 1.69. The molecule has 1 saturated heterocycles. The minimum Gasteiger partial charge on any atom is -0.380 e. The van der Waals surface area contributed by atoms with Crippen molar-refractivity contribution in [3.05, 3.63) is 47.5 Å². The van der Waals surface area contributed by atoms with E-state index in [-0.39, 0.29) is 0 Å². The molecule has 1 fully saturated rings. The molecule has 2 heteroatoms. The first kappa shape index (κ1) is 11.4. The number of hydrogen-bond acceptors (Lipinski definition) is 2. The summed E-state index contributed by atoms with van der Waals surface area (Å²) in [6.07, 6.45) is 15.0. The van der Waals surface area contributed by atoms with Gasteiger partial charge >= 0.3 is 0 Å². The van der Waals surface area contributed by atoms with Gasteiger partial charge in [0.1, 0.15) is 0 Å². The molecule has 2 heterocycles. The Labute approximate surface area is 115 Å². The van der Waals surface area contributed by atoms with Crippen molar-refractivity contribution in [2.45, 2.75) is 39.2 Å². The molecule has 2 aliphatic carbocycles. The van der Waals surface area contributed by atoms with E-state index in [4.69, 9.17) is 0 Å². The minimum absolute atomic E-state index is 0.449. The molecule has 4 aliphatic rings. The van der Waals surface area contributed by atoms with Gasteiger partial charge < -0.3 is 10.6 Å². The molecule has 0 bridgehead atoms. The Hall–Kier alpha value is -1.44. The summed E-state index contributed by atoms with van der Waals surface area (Å²) in [6, 6.07) is 0.491. The van der Waals surface area contributed by atoms with Gasteiger partial charge in [0.05, 0.1) is 6.04 Å². The molecule has 4 rings (SSSR count). The van der Waals surface area contributed by atoms with Gasteiger partial charge in [-0.3, -0.25) is 0 Å². The second-order valence-corrected chi connectivity index (χ2v) is 7.08. The van der Waals surface area contributed by atoms with Crippen molar-refractivity contribution in [1.82, 2.24) is 10.6 Å². The summed E-state index contributed by atoms with van der Waals surface area (Å²) in [5.41, 5.74) is 5.00. The van der Waals surface area contributed by atoms with Gasteiger partial charge in [-0.2, -0.15) is 0 Å². The highest BCUT2D eigenvalue weighted by Crippen LogP contribution is 2.48. The van der Waals surface area contributed by atoms with Crippen molar-refractivity contribution < 1.29 is 0 Å². The molecule has 0 aromatic heterocycles. The highest BCUT2D eigenvalue weighted by Gasteiger charge is 2.43. The van der Waals surface area contributed by atoms with E-state index in [2.05, 4.69) is 55.0 Å². The van der Waals surface area contributed by atoms with Crippen LogP contribution in [0.4, 0.5) is 0 Å². The Morgan fingerprint density at radius 2 is 2.05 bits per heavy atom. The number of hydrogen-bond donors (Lipinski definition) is 2. The molecule has 100 valence electrons. The molecule has 0 saturated carbocycles. The molecule has 0 amide bonds. The minimum atomic E-state index is 0.449. The largest absolute Gasteiger partial charge is 0.380 e. The lowest BCUT2D eigenvalue weighted by molar-refractivity contribution is 0.293. The predicted octanol–water partition coefficient (Wildman–Crippen LogP) is 3.23. The van der Waals surface area contributed by atoms with Crippen molar-refractivity contribution >= 4 is 0 Å². The fraction of sp³-hybridized carbons (Fsp3) is 0.529. The average molecular weight is 254 g/mol. The van der Waals surface area contributed by atoms with Crippen LogP contribution < -0.4 is 10.6 Å². The SMILES string of the molecule is CC1(C)CCC2=C(C1)NC=C1NC3C=CC=CC3C12. The molecule has 2 nitrogen and oxygen atoms in total. The Kier molecular flexibility index (Phi) is 2.27. The van der Waals surface area contributed by atoms with Crippen LogP contribution in [0.15, 0.2) is 47.5 Å². The summed E-state index contributed by atoms with van der Waals surface area (Å²) in [5.74, 6) is 1.21. The maximum Gasteiger partial charge on any atom is 0.0517 e. The maximum absolute atomic E-state index is 3.67. The van der Waals surface area contributed by atoms with Gasteiger partial charge in [0.25, 0.3) is 0 Å². The molecule has 2 N–H and O–H groups in total. The molecular formula is C17H22N2. The topological polar surface area (TPSA) is 24.1 Å². The third-order valence-corrected chi connectivity index (χ3v) is 5.12. The lowest BCUT2D eigenvalue weighted by Gasteiger charge is -2.38. The van der Waals surface area contributed by atoms with Crippen molar-refractivity contribution in [1.29, 1.82) is 0 Å². The second-order valence-electron chi connectivity index (χ2n) is 7.08. The first-order valence-electron chi connectivity index (χ1n) is 7.44. The Bertz CT molecular complexity index is 533. The molecule has 3 unspecified atom stereocenters. The fourth-order valence-electron chi connectivity index (χ4n) is 4.08. The molecule has 19 heavy (non-hydrogen) atoms. The van der Waals surface area contributed by atoms with Crippen LogP contribution in [0.5, 0.6) is 0 Å². The van der Waals surface area contributed by atoms with E-state index in [0.29, 0.717) is 23.3 Å². The summed E-state index contributed by atoms with van der Waals surface area (Å²) >= 11 is 0. The molecule has 3 atom stereocenters. The molecular weight excluding hydrogens is 232 g/mol. The Morgan fingerprint density at radius 1 is 1.21 bits per heavy atom. The molecule has 0 aromatic rings. The van der Waals surface area contributed by atoms with Crippen LogP contribution >= 0.6 is 0 Å². The van der Waals surface area contributed by atoms with E-state index in [1.165, 1.54) is 30.7 Å². The van der Waals surface area contributed by atoms with E-state index in [9.17, 15) is 0 Å². The number of rotatable bonds is 0. The van der Waals surface area contributed by atoms with Crippen LogP contribution in [-0.2, 0) is 0 Å². The number of dihydropyridines is 1. The van der Waals surface area contributed by atoms with Gasteiger partial charge in [-0.25, -0.2) is 0 Å². The first-order valence-corrected chi connectivity index (χ1v) is 7.44. The molecule has 0 spiro atoms. The second kappa shape index (κ2) is 3.78. The summed E-state index contributed by atoms with van der Waals surface area (Å²) in [7, 11) is 0. The van der Waals surface area contributed by atoms with Crippen molar-refractivity contribution in [3.63, 3.8) is 0 Å². The van der Waals surface area contributed by atoms with Crippen LogP contribution in [-0.4, -0.2) is 6.04 Å². The van der Waals surface area contributed by atoms with E-state index in [1.54, 1.807) is 5.57 Å². The van der Waals surface area contributed by atoms with Gasteiger partial charge in [-0.15, -0.1) is 0 Å². The van der Waals surface area contributed by atoms with E-state index < -0.39 is 0 Å². The van der Waals surface area contributed by atoms with Crippen molar-refractivity contribution in [2.24, 2.45) is 17.3 Å². The maximum atomic E-state index is 3.67. The Balaban J connectivity index is 1.72. The van der Waals surface area contributed by atoms with Crippen LogP contribution in [0.3, 0.4) is 0 Å². The van der Waals surface area contributed by atoms with Gasteiger partial charge in [0.15, 0.2) is 0 Å². The molecule has 2 aliphatic heterocycles. The summed E-state index contributed by atoms with van der Waals surface area (Å²) < 4.78 is 0. The number of nitrogens with one attached hydrogen (secondary N) is 2. The zero-order valence-corrected chi connectivity index (χ0v) is 11.7. The van der Waals surface area contributed by atoms with Gasteiger partial charge in [0, 0.05) is 29.4 Å². The van der Waals surface area contributed by atoms with Crippen molar-refractivity contribution in [2.75, 3.05) is 0 Å². The average Bonchev–Trinajstić information content (AvgIpc) is 2.76. The van der Waals surface area contributed by atoms with Crippen LogP contribution in [0.25, 0.3) is 0 Å². The Morgan fingerprint density at radius 3 is 2.95 bits per heavy atom. The molecule has 0 aromatic carbocycles. The lowest BCUT2D eigenvalue weighted by atomic mass is 9.70. The van der Waals surface area contributed by atoms with Crippen LogP contribution in [0.2, 0.25) is 0 Å². The third-order valence-electron chi connectivity index (χ3n) is 5.12. The molecule has 0 radical (unpaired) electrons.